The van der Waals surface area contributed by atoms with Crippen LogP contribution in [0, 0.1) is 5.92 Å². The van der Waals surface area contributed by atoms with E-state index in [0.717, 1.165) is 25.5 Å². The number of piperidine rings is 1. The Labute approximate surface area is 126 Å². The number of nitrogens with one attached hydrogen (secondary N) is 2. The molecular weight excluding hydrogens is 309 g/mol. The van der Waals surface area contributed by atoms with Crippen molar-refractivity contribution in [1.29, 1.82) is 0 Å². The number of carbonyl (C=O) groups excluding carboxylic acids is 1. The molecule has 1 aliphatic rings. The Morgan fingerprint density at radius 1 is 1.38 bits per heavy atom. The van der Waals surface area contributed by atoms with Crippen molar-refractivity contribution in [3.8, 4) is 5.75 Å². The molecule has 0 aromatic heterocycles. The maximum atomic E-state index is 12.1. The van der Waals surface area contributed by atoms with Crippen molar-refractivity contribution < 1.29 is 22.7 Å². The quantitative estimate of drug-likeness (QED) is 0.899. The summed E-state index contributed by atoms with van der Waals surface area (Å²) in [5.41, 5.74) is 0.294. The molecule has 1 fully saturated rings. The molecule has 2 N–H and O–H groups in total. The SMILES string of the molecule is Cl.O=C(Nc1cccc(OC(F)(F)F)c1)C1CCCNC1. The first-order valence-corrected chi connectivity index (χ1v) is 6.31. The first kappa shape index (κ1) is 17.6. The zero-order chi connectivity index (χ0) is 14.6. The number of halogens is 4. The third kappa shape index (κ3) is 5.81. The van der Waals surface area contributed by atoms with Gasteiger partial charge >= 0.3 is 6.36 Å². The average molecular weight is 325 g/mol. The van der Waals surface area contributed by atoms with Crippen LogP contribution in [-0.4, -0.2) is 25.4 Å². The maximum absolute atomic E-state index is 12.1. The van der Waals surface area contributed by atoms with Crippen molar-refractivity contribution in [3.05, 3.63) is 24.3 Å². The highest BCUT2D eigenvalue weighted by Crippen LogP contribution is 2.25. The summed E-state index contributed by atoms with van der Waals surface area (Å²) < 4.78 is 40.1. The molecule has 0 radical (unpaired) electrons. The first-order chi connectivity index (χ1) is 9.44. The van der Waals surface area contributed by atoms with E-state index in [9.17, 15) is 18.0 Å². The third-order valence-corrected chi connectivity index (χ3v) is 3.00. The van der Waals surface area contributed by atoms with Gasteiger partial charge in [-0.25, -0.2) is 0 Å². The minimum Gasteiger partial charge on any atom is -0.406 e. The summed E-state index contributed by atoms with van der Waals surface area (Å²) in [5.74, 6) is -0.700. The van der Waals surface area contributed by atoms with Gasteiger partial charge in [0.25, 0.3) is 0 Å². The van der Waals surface area contributed by atoms with Crippen LogP contribution in [0.3, 0.4) is 0 Å². The van der Waals surface area contributed by atoms with Gasteiger partial charge in [-0.15, -0.1) is 25.6 Å². The smallest absolute Gasteiger partial charge is 0.406 e. The van der Waals surface area contributed by atoms with E-state index in [-0.39, 0.29) is 30.0 Å². The molecule has 1 unspecified atom stereocenters. The Hall–Kier alpha value is -1.47. The van der Waals surface area contributed by atoms with E-state index in [2.05, 4.69) is 15.4 Å². The highest BCUT2D eigenvalue weighted by atomic mass is 35.5. The summed E-state index contributed by atoms with van der Waals surface area (Å²) >= 11 is 0. The largest absolute Gasteiger partial charge is 0.573 e. The van der Waals surface area contributed by atoms with Crippen LogP contribution in [0.1, 0.15) is 12.8 Å². The first-order valence-electron chi connectivity index (χ1n) is 6.31. The second-order valence-electron chi connectivity index (χ2n) is 4.61. The molecule has 2 rings (SSSR count). The summed E-state index contributed by atoms with van der Waals surface area (Å²) in [4.78, 5) is 11.9. The predicted molar refractivity (Wildman–Crippen MR) is 74.6 cm³/mol. The van der Waals surface area contributed by atoms with E-state index in [1.807, 2.05) is 0 Å². The maximum Gasteiger partial charge on any atom is 0.573 e. The molecule has 1 aliphatic heterocycles. The minimum atomic E-state index is -4.74. The molecule has 21 heavy (non-hydrogen) atoms. The monoisotopic (exact) mass is 324 g/mol. The molecule has 118 valence electrons. The lowest BCUT2D eigenvalue weighted by Gasteiger charge is -2.22. The summed E-state index contributed by atoms with van der Waals surface area (Å²) in [6.45, 7) is 1.48. The second-order valence-corrected chi connectivity index (χ2v) is 4.61. The normalized spacial score (nSPS) is 18.5. The topological polar surface area (TPSA) is 50.4 Å². The van der Waals surface area contributed by atoms with Gasteiger partial charge < -0.3 is 15.4 Å². The fraction of sp³-hybridized carbons (Fsp3) is 0.462. The standard InChI is InChI=1S/C13H15F3N2O2.ClH/c14-13(15,16)20-11-5-1-4-10(7-11)18-12(19)9-3-2-6-17-8-9;/h1,4-5,7,9,17H,2-3,6,8H2,(H,18,19);1H. The highest BCUT2D eigenvalue weighted by molar-refractivity contribution is 5.92. The van der Waals surface area contributed by atoms with Crippen molar-refractivity contribution in [2.45, 2.75) is 19.2 Å². The lowest BCUT2D eigenvalue weighted by Crippen LogP contribution is -2.37. The number of rotatable bonds is 3. The molecule has 1 aromatic rings. The molecule has 0 aliphatic carbocycles. The Morgan fingerprint density at radius 3 is 2.76 bits per heavy atom. The van der Waals surface area contributed by atoms with Crippen LogP contribution in [0.2, 0.25) is 0 Å². The molecule has 0 bridgehead atoms. The van der Waals surface area contributed by atoms with Gasteiger partial charge in [0, 0.05) is 18.3 Å². The van der Waals surface area contributed by atoms with Crippen LogP contribution in [0.15, 0.2) is 24.3 Å². The predicted octanol–water partition coefficient (Wildman–Crippen LogP) is 2.95. The number of carbonyl (C=O) groups is 1. The van der Waals surface area contributed by atoms with Gasteiger partial charge in [-0.2, -0.15) is 0 Å². The number of ether oxygens (including phenoxy) is 1. The van der Waals surface area contributed by atoms with Crippen molar-refractivity contribution in [3.63, 3.8) is 0 Å². The van der Waals surface area contributed by atoms with Crippen LogP contribution in [-0.2, 0) is 4.79 Å². The van der Waals surface area contributed by atoms with E-state index in [1.54, 1.807) is 0 Å². The van der Waals surface area contributed by atoms with Gasteiger partial charge in [-0.1, -0.05) is 6.07 Å². The summed E-state index contributed by atoms with van der Waals surface area (Å²) in [6, 6.07) is 5.26. The molecule has 8 heteroatoms. The molecule has 0 saturated carbocycles. The van der Waals surface area contributed by atoms with Gasteiger partial charge in [-0.3, -0.25) is 4.79 Å². The van der Waals surface area contributed by atoms with E-state index >= 15 is 0 Å². The van der Waals surface area contributed by atoms with Crippen LogP contribution < -0.4 is 15.4 Å². The molecule has 1 heterocycles. The third-order valence-electron chi connectivity index (χ3n) is 3.00. The zero-order valence-corrected chi connectivity index (χ0v) is 11.9. The minimum absolute atomic E-state index is 0. The van der Waals surface area contributed by atoms with E-state index in [1.165, 1.54) is 18.2 Å². The Kier molecular flexibility index (Phi) is 6.29. The van der Waals surface area contributed by atoms with E-state index in [4.69, 9.17) is 0 Å². The van der Waals surface area contributed by atoms with Crippen LogP contribution in [0.25, 0.3) is 0 Å². The molecule has 0 spiro atoms. The number of benzene rings is 1. The summed E-state index contributed by atoms with van der Waals surface area (Å²) in [7, 11) is 0. The number of hydrogen-bond donors (Lipinski definition) is 2. The zero-order valence-electron chi connectivity index (χ0n) is 11.1. The van der Waals surface area contributed by atoms with Gasteiger partial charge in [0.2, 0.25) is 5.91 Å². The second kappa shape index (κ2) is 7.51. The van der Waals surface area contributed by atoms with Crippen molar-refractivity contribution in [2.24, 2.45) is 5.92 Å². The van der Waals surface area contributed by atoms with Gasteiger partial charge in [0.05, 0.1) is 5.92 Å². The molecule has 1 aromatic carbocycles. The van der Waals surface area contributed by atoms with E-state index in [0.29, 0.717) is 12.2 Å². The fourth-order valence-electron chi connectivity index (χ4n) is 2.09. The number of amides is 1. The Bertz CT molecular complexity index is 477. The fourth-order valence-corrected chi connectivity index (χ4v) is 2.09. The lowest BCUT2D eigenvalue weighted by atomic mass is 9.99. The Balaban J connectivity index is 0.00000220. The number of anilines is 1. The van der Waals surface area contributed by atoms with Crippen molar-refractivity contribution >= 4 is 24.0 Å². The van der Waals surface area contributed by atoms with Crippen LogP contribution in [0.5, 0.6) is 5.75 Å². The molecule has 4 nitrogen and oxygen atoms in total. The van der Waals surface area contributed by atoms with Gasteiger partial charge in [0.15, 0.2) is 0 Å². The average Bonchev–Trinajstić information content (AvgIpc) is 2.38. The highest BCUT2D eigenvalue weighted by Gasteiger charge is 2.31. The van der Waals surface area contributed by atoms with Crippen LogP contribution >= 0.6 is 12.4 Å². The molecular formula is C13H16ClF3N2O2. The van der Waals surface area contributed by atoms with Gasteiger partial charge in [-0.05, 0) is 31.5 Å². The van der Waals surface area contributed by atoms with Crippen molar-refractivity contribution in [1.82, 2.24) is 5.32 Å². The molecule has 1 amide bonds. The van der Waals surface area contributed by atoms with Crippen LogP contribution in [0.4, 0.5) is 18.9 Å². The lowest BCUT2D eigenvalue weighted by molar-refractivity contribution is -0.274. The number of alkyl halides is 3. The summed E-state index contributed by atoms with van der Waals surface area (Å²) in [6.07, 6.45) is -3.05. The molecule has 1 atom stereocenters. The molecule has 1 saturated heterocycles. The van der Waals surface area contributed by atoms with Gasteiger partial charge in [0.1, 0.15) is 5.75 Å². The van der Waals surface area contributed by atoms with E-state index < -0.39 is 6.36 Å². The summed E-state index contributed by atoms with van der Waals surface area (Å²) in [5, 5.41) is 5.72. The van der Waals surface area contributed by atoms with Crippen molar-refractivity contribution in [2.75, 3.05) is 18.4 Å². The number of hydrogen-bond acceptors (Lipinski definition) is 3. The Morgan fingerprint density at radius 2 is 2.14 bits per heavy atom.